The highest BCUT2D eigenvalue weighted by molar-refractivity contribution is 7.19. The first-order valence-electron chi connectivity index (χ1n) is 8.10. The first-order chi connectivity index (χ1) is 12.6. The number of aromatic amines is 1. The molecule has 4 rings (SSSR count). The second-order valence-corrected chi connectivity index (χ2v) is 7.05. The number of rotatable bonds is 5. The highest BCUT2D eigenvalue weighted by atomic mass is 32.1. The van der Waals surface area contributed by atoms with E-state index in [1.165, 1.54) is 11.3 Å². The monoisotopic (exact) mass is 370 g/mol. The van der Waals surface area contributed by atoms with Crippen LogP contribution < -0.4 is 9.47 Å². The molecule has 0 saturated heterocycles. The fourth-order valence-corrected chi connectivity index (χ4v) is 3.40. The maximum atomic E-state index is 5.34. The quantitative estimate of drug-likeness (QED) is 0.579. The van der Waals surface area contributed by atoms with Gasteiger partial charge in [-0.1, -0.05) is 25.2 Å². The Labute approximate surface area is 153 Å². The van der Waals surface area contributed by atoms with Crippen molar-refractivity contribution in [2.24, 2.45) is 0 Å². The van der Waals surface area contributed by atoms with E-state index in [1.807, 2.05) is 24.3 Å². The average Bonchev–Trinajstić information content (AvgIpc) is 3.35. The van der Waals surface area contributed by atoms with Crippen LogP contribution in [0.5, 0.6) is 11.5 Å². The summed E-state index contributed by atoms with van der Waals surface area (Å²) < 4.78 is 12.4. The molecule has 0 aliphatic rings. The van der Waals surface area contributed by atoms with E-state index in [9.17, 15) is 0 Å². The molecule has 0 atom stereocenters. The SMILES string of the molecule is COc1cc(OC)cc(-c2nn3c(-c4cc(C(C)C)[nH]n4)nnc3s2)c1. The highest BCUT2D eigenvalue weighted by Gasteiger charge is 2.18. The average molecular weight is 370 g/mol. The van der Waals surface area contributed by atoms with Gasteiger partial charge in [0.25, 0.3) is 0 Å². The van der Waals surface area contributed by atoms with Crippen molar-refractivity contribution < 1.29 is 9.47 Å². The molecule has 0 radical (unpaired) electrons. The van der Waals surface area contributed by atoms with Crippen LogP contribution in [0.15, 0.2) is 24.3 Å². The summed E-state index contributed by atoms with van der Waals surface area (Å²) in [5.74, 6) is 2.38. The summed E-state index contributed by atoms with van der Waals surface area (Å²) >= 11 is 1.45. The van der Waals surface area contributed by atoms with Crippen molar-refractivity contribution in [1.82, 2.24) is 30.0 Å². The molecule has 8 nitrogen and oxygen atoms in total. The summed E-state index contributed by atoms with van der Waals surface area (Å²) in [5.41, 5.74) is 2.67. The fourth-order valence-electron chi connectivity index (χ4n) is 2.57. The summed E-state index contributed by atoms with van der Waals surface area (Å²) in [5, 5.41) is 21.3. The van der Waals surface area contributed by atoms with Gasteiger partial charge in [-0.25, -0.2) is 0 Å². The van der Waals surface area contributed by atoms with E-state index in [0.29, 0.717) is 28.2 Å². The van der Waals surface area contributed by atoms with E-state index in [2.05, 4.69) is 39.3 Å². The molecular formula is C17H18N6O2S. The van der Waals surface area contributed by atoms with E-state index in [-0.39, 0.29) is 0 Å². The molecule has 26 heavy (non-hydrogen) atoms. The maximum absolute atomic E-state index is 5.34. The van der Waals surface area contributed by atoms with Gasteiger partial charge in [-0.15, -0.1) is 10.2 Å². The second kappa shape index (κ2) is 6.41. The minimum absolute atomic E-state index is 0.356. The largest absolute Gasteiger partial charge is 0.497 e. The molecule has 0 aliphatic carbocycles. The van der Waals surface area contributed by atoms with Crippen LogP contribution in [-0.4, -0.2) is 44.2 Å². The number of aromatic nitrogens is 6. The first kappa shape index (κ1) is 16.5. The van der Waals surface area contributed by atoms with E-state index < -0.39 is 0 Å². The summed E-state index contributed by atoms with van der Waals surface area (Å²) in [7, 11) is 3.25. The van der Waals surface area contributed by atoms with Crippen LogP contribution in [0.1, 0.15) is 25.5 Å². The number of nitrogens with one attached hydrogen (secondary N) is 1. The Kier molecular flexibility index (Phi) is 4.08. The molecule has 3 aromatic heterocycles. The fraction of sp³-hybridized carbons (Fsp3) is 0.294. The van der Waals surface area contributed by atoms with Crippen molar-refractivity contribution in [3.63, 3.8) is 0 Å². The van der Waals surface area contributed by atoms with Crippen molar-refractivity contribution in [3.05, 3.63) is 30.0 Å². The van der Waals surface area contributed by atoms with Gasteiger partial charge in [-0.3, -0.25) is 5.10 Å². The standard InChI is InChI=1S/C17H18N6O2S/c1-9(2)13-8-14(19-18-13)15-20-21-17-23(15)22-16(26-17)10-5-11(24-3)7-12(6-10)25-4/h5-9H,1-4H3,(H,18,19). The van der Waals surface area contributed by atoms with Gasteiger partial charge >= 0.3 is 0 Å². The van der Waals surface area contributed by atoms with Crippen molar-refractivity contribution >= 4 is 16.3 Å². The Morgan fingerprint density at radius 3 is 2.38 bits per heavy atom. The van der Waals surface area contributed by atoms with Crippen LogP contribution in [-0.2, 0) is 0 Å². The maximum Gasteiger partial charge on any atom is 0.235 e. The number of nitrogens with zero attached hydrogens (tertiary/aromatic N) is 5. The lowest BCUT2D eigenvalue weighted by molar-refractivity contribution is 0.394. The summed E-state index contributed by atoms with van der Waals surface area (Å²) in [6, 6.07) is 7.64. The van der Waals surface area contributed by atoms with E-state index in [1.54, 1.807) is 18.7 Å². The number of fused-ring (bicyclic) bond motifs is 1. The third-order valence-electron chi connectivity index (χ3n) is 4.04. The summed E-state index contributed by atoms with van der Waals surface area (Å²) in [4.78, 5) is 0.700. The molecular weight excluding hydrogens is 352 g/mol. The van der Waals surface area contributed by atoms with Gasteiger partial charge in [0, 0.05) is 17.3 Å². The predicted octanol–water partition coefficient (Wildman–Crippen LogP) is 3.38. The summed E-state index contributed by atoms with van der Waals surface area (Å²) in [6.45, 7) is 4.21. The molecule has 0 aliphatic heterocycles. The van der Waals surface area contributed by atoms with E-state index in [4.69, 9.17) is 9.47 Å². The minimum Gasteiger partial charge on any atom is -0.497 e. The van der Waals surface area contributed by atoms with Gasteiger partial charge in [-0.05, 0) is 24.1 Å². The van der Waals surface area contributed by atoms with Crippen molar-refractivity contribution in [3.8, 4) is 33.6 Å². The second-order valence-electron chi connectivity index (χ2n) is 6.09. The zero-order valence-corrected chi connectivity index (χ0v) is 15.7. The zero-order chi connectivity index (χ0) is 18.3. The Morgan fingerprint density at radius 2 is 1.77 bits per heavy atom. The third-order valence-corrected chi connectivity index (χ3v) is 4.99. The number of hydrogen-bond acceptors (Lipinski definition) is 7. The number of ether oxygens (including phenoxy) is 2. The molecule has 134 valence electrons. The molecule has 3 heterocycles. The molecule has 0 unspecified atom stereocenters. The van der Waals surface area contributed by atoms with Crippen LogP contribution in [0.4, 0.5) is 0 Å². The third kappa shape index (κ3) is 2.80. The van der Waals surface area contributed by atoms with Gasteiger partial charge in [0.2, 0.25) is 10.8 Å². The van der Waals surface area contributed by atoms with Crippen molar-refractivity contribution in [1.29, 1.82) is 0 Å². The molecule has 1 aromatic carbocycles. The lowest BCUT2D eigenvalue weighted by Gasteiger charge is -2.06. The number of methoxy groups -OCH3 is 2. The van der Waals surface area contributed by atoms with Crippen LogP contribution in [0, 0.1) is 0 Å². The van der Waals surface area contributed by atoms with Gasteiger partial charge in [0.1, 0.15) is 22.2 Å². The van der Waals surface area contributed by atoms with Crippen molar-refractivity contribution in [2.75, 3.05) is 14.2 Å². The molecule has 0 spiro atoms. The van der Waals surface area contributed by atoms with Gasteiger partial charge in [-0.2, -0.15) is 14.7 Å². The zero-order valence-electron chi connectivity index (χ0n) is 14.8. The smallest absolute Gasteiger partial charge is 0.235 e. The lowest BCUT2D eigenvalue weighted by atomic mass is 10.1. The summed E-state index contributed by atoms with van der Waals surface area (Å²) in [6.07, 6.45) is 0. The topological polar surface area (TPSA) is 90.2 Å². The van der Waals surface area contributed by atoms with Crippen LogP contribution in [0.2, 0.25) is 0 Å². The molecule has 9 heteroatoms. The molecule has 4 aromatic rings. The Hall–Kier alpha value is -2.94. The van der Waals surface area contributed by atoms with Gasteiger partial charge in [0.05, 0.1) is 14.2 Å². The molecule has 1 N–H and O–H groups in total. The number of hydrogen-bond donors (Lipinski definition) is 1. The lowest BCUT2D eigenvalue weighted by Crippen LogP contribution is -1.92. The van der Waals surface area contributed by atoms with Crippen LogP contribution >= 0.6 is 11.3 Å². The van der Waals surface area contributed by atoms with Gasteiger partial charge < -0.3 is 9.47 Å². The molecule has 0 amide bonds. The normalized spacial score (nSPS) is 11.4. The Balaban J connectivity index is 1.78. The highest BCUT2D eigenvalue weighted by Crippen LogP contribution is 2.33. The van der Waals surface area contributed by atoms with Crippen LogP contribution in [0.25, 0.3) is 27.1 Å². The molecule has 0 bridgehead atoms. The predicted molar refractivity (Wildman–Crippen MR) is 98.9 cm³/mol. The molecule has 0 saturated carbocycles. The van der Waals surface area contributed by atoms with Crippen molar-refractivity contribution in [2.45, 2.75) is 19.8 Å². The Morgan fingerprint density at radius 1 is 1.04 bits per heavy atom. The van der Waals surface area contributed by atoms with E-state index >= 15 is 0 Å². The first-order valence-corrected chi connectivity index (χ1v) is 8.92. The Bertz CT molecular complexity index is 1040. The number of benzene rings is 1. The minimum atomic E-state index is 0.356. The molecule has 0 fully saturated rings. The number of H-pyrrole nitrogens is 1. The van der Waals surface area contributed by atoms with Crippen LogP contribution in [0.3, 0.4) is 0 Å². The van der Waals surface area contributed by atoms with Gasteiger partial charge in [0.15, 0.2) is 0 Å². The van der Waals surface area contributed by atoms with E-state index in [0.717, 1.165) is 22.0 Å².